The van der Waals surface area contributed by atoms with E-state index < -0.39 is 5.79 Å². The summed E-state index contributed by atoms with van der Waals surface area (Å²) in [7, 11) is 0. The molecule has 0 N–H and O–H groups in total. The summed E-state index contributed by atoms with van der Waals surface area (Å²) in [5.74, 6) is -0.564. The fraction of sp³-hybridized carbons (Fsp3) is 0.833. The largest absolute Gasteiger partial charge is 0.347 e. The van der Waals surface area contributed by atoms with Crippen LogP contribution in [0.15, 0.2) is 0 Å². The molecular formula is C6H10O3. The van der Waals surface area contributed by atoms with Crippen LogP contribution in [0.5, 0.6) is 0 Å². The number of hydrogen-bond acceptors (Lipinski definition) is 3. The van der Waals surface area contributed by atoms with Gasteiger partial charge in [0.25, 0.3) is 0 Å². The summed E-state index contributed by atoms with van der Waals surface area (Å²) < 4.78 is 10.2. The predicted molar refractivity (Wildman–Crippen MR) is 31.0 cm³/mol. The molecule has 1 aliphatic heterocycles. The summed E-state index contributed by atoms with van der Waals surface area (Å²) in [5, 5.41) is 0. The van der Waals surface area contributed by atoms with Crippen LogP contribution in [0.2, 0.25) is 0 Å². The van der Waals surface area contributed by atoms with Gasteiger partial charge in [0.2, 0.25) is 0 Å². The van der Waals surface area contributed by atoms with Gasteiger partial charge in [-0.05, 0) is 13.8 Å². The van der Waals surface area contributed by atoms with Crippen LogP contribution in [0.25, 0.3) is 0 Å². The first kappa shape index (κ1) is 6.71. The predicted octanol–water partition coefficient (Wildman–Crippen LogP) is 0.337. The van der Waals surface area contributed by atoms with Gasteiger partial charge in [0, 0.05) is 0 Å². The van der Waals surface area contributed by atoms with E-state index in [-0.39, 0.29) is 6.10 Å². The third kappa shape index (κ3) is 1.50. The number of carbonyl (C=O) groups is 1. The van der Waals surface area contributed by atoms with Gasteiger partial charge in [0.1, 0.15) is 6.10 Å². The van der Waals surface area contributed by atoms with E-state index in [1.165, 1.54) is 0 Å². The van der Waals surface area contributed by atoms with E-state index in [4.69, 9.17) is 9.47 Å². The van der Waals surface area contributed by atoms with Crippen LogP contribution in [0.3, 0.4) is 0 Å². The highest BCUT2D eigenvalue weighted by molar-refractivity contribution is 5.56. The summed E-state index contributed by atoms with van der Waals surface area (Å²) in [6, 6.07) is 0. The summed E-state index contributed by atoms with van der Waals surface area (Å²) in [4.78, 5) is 10.1. The van der Waals surface area contributed by atoms with Crippen molar-refractivity contribution in [3.8, 4) is 0 Å². The summed E-state index contributed by atoms with van der Waals surface area (Å²) in [5.41, 5.74) is 0. The van der Waals surface area contributed by atoms with E-state index in [9.17, 15) is 4.79 Å². The molecule has 0 amide bonds. The molecule has 0 spiro atoms. The van der Waals surface area contributed by atoms with Crippen molar-refractivity contribution in [3.63, 3.8) is 0 Å². The van der Waals surface area contributed by atoms with E-state index in [1.54, 1.807) is 13.8 Å². The van der Waals surface area contributed by atoms with Gasteiger partial charge >= 0.3 is 0 Å². The maximum atomic E-state index is 10.1. The minimum absolute atomic E-state index is 0.361. The first-order valence-corrected chi connectivity index (χ1v) is 2.91. The molecule has 0 saturated carbocycles. The topological polar surface area (TPSA) is 35.5 Å². The Hall–Kier alpha value is -0.410. The Morgan fingerprint density at radius 1 is 1.67 bits per heavy atom. The Labute approximate surface area is 53.9 Å². The smallest absolute Gasteiger partial charge is 0.163 e. The molecule has 1 rings (SSSR count). The minimum Gasteiger partial charge on any atom is -0.347 e. The monoisotopic (exact) mass is 131 g/mol. The van der Waals surface area contributed by atoms with Gasteiger partial charge < -0.3 is 14.3 Å². The quantitative estimate of drug-likeness (QED) is 0.380. The van der Waals surface area contributed by atoms with Gasteiger partial charge in [-0.25, -0.2) is 0 Å². The van der Waals surface area contributed by atoms with E-state index in [0.29, 0.717) is 6.61 Å². The highest BCUT2D eigenvalue weighted by atomic mass is 16.8. The standard InChI is InChI=1S/C6H10O3/c1-6(2)8-4-5(3-7)9-6/h3,5H,4H2,1-2H3/t5-/m1/s1/i4+1. The van der Waals surface area contributed by atoms with Crippen LogP contribution in [0.4, 0.5) is 0 Å². The van der Waals surface area contributed by atoms with Crippen molar-refractivity contribution >= 4 is 6.29 Å². The first-order chi connectivity index (χ1) is 4.14. The number of carbonyl (C=O) groups excluding carboxylic acids is 1. The molecular weight excluding hydrogens is 121 g/mol. The van der Waals surface area contributed by atoms with E-state index in [2.05, 4.69) is 0 Å². The Morgan fingerprint density at radius 2 is 2.33 bits per heavy atom. The third-order valence-electron chi connectivity index (χ3n) is 1.18. The zero-order valence-corrected chi connectivity index (χ0v) is 5.59. The molecule has 0 radical (unpaired) electrons. The van der Waals surface area contributed by atoms with Gasteiger partial charge in [0.15, 0.2) is 12.1 Å². The lowest BCUT2D eigenvalue weighted by Gasteiger charge is -2.14. The maximum absolute atomic E-state index is 10.1. The maximum Gasteiger partial charge on any atom is 0.163 e. The second-order valence-corrected chi connectivity index (χ2v) is 2.50. The minimum atomic E-state index is -0.564. The molecule has 9 heavy (non-hydrogen) atoms. The average molecular weight is 131 g/mol. The molecule has 0 aromatic heterocycles. The fourth-order valence-electron chi connectivity index (χ4n) is 0.782. The van der Waals surface area contributed by atoms with E-state index >= 15 is 0 Å². The highest BCUT2D eigenvalue weighted by Crippen LogP contribution is 2.20. The molecule has 0 unspecified atom stereocenters. The Bertz CT molecular complexity index is 119. The van der Waals surface area contributed by atoms with Crippen molar-refractivity contribution in [2.45, 2.75) is 25.7 Å². The molecule has 0 aromatic rings. The van der Waals surface area contributed by atoms with Gasteiger partial charge in [0.05, 0.1) is 6.61 Å². The summed E-state index contributed by atoms with van der Waals surface area (Å²) in [6.45, 7) is 3.96. The average Bonchev–Trinajstić information content (AvgIpc) is 2.10. The Morgan fingerprint density at radius 3 is 2.56 bits per heavy atom. The number of ether oxygens (including phenoxy) is 2. The lowest BCUT2D eigenvalue weighted by molar-refractivity contribution is -0.145. The van der Waals surface area contributed by atoms with Crippen molar-refractivity contribution in [3.05, 3.63) is 0 Å². The Balaban J connectivity index is 2.47. The fourth-order valence-corrected chi connectivity index (χ4v) is 0.782. The normalized spacial score (nSPS) is 32.4. The van der Waals surface area contributed by atoms with E-state index in [0.717, 1.165) is 6.29 Å². The molecule has 1 fully saturated rings. The van der Waals surface area contributed by atoms with Crippen LogP contribution < -0.4 is 0 Å². The van der Waals surface area contributed by atoms with Crippen LogP contribution >= 0.6 is 0 Å². The molecule has 0 bridgehead atoms. The van der Waals surface area contributed by atoms with Gasteiger partial charge in [-0.2, -0.15) is 0 Å². The number of aldehydes is 1. The Kier molecular flexibility index (Phi) is 1.55. The lowest BCUT2D eigenvalue weighted by atomic mass is 10.4. The zero-order chi connectivity index (χ0) is 6.91. The molecule has 0 aliphatic carbocycles. The second-order valence-electron chi connectivity index (χ2n) is 2.50. The molecule has 3 heteroatoms. The summed E-state index contributed by atoms with van der Waals surface area (Å²) >= 11 is 0. The van der Waals surface area contributed by atoms with Gasteiger partial charge in [-0.3, -0.25) is 0 Å². The third-order valence-corrected chi connectivity index (χ3v) is 1.18. The van der Waals surface area contributed by atoms with Gasteiger partial charge in [-0.1, -0.05) is 0 Å². The molecule has 3 nitrogen and oxygen atoms in total. The van der Waals surface area contributed by atoms with Crippen molar-refractivity contribution in [1.29, 1.82) is 0 Å². The highest BCUT2D eigenvalue weighted by Gasteiger charge is 2.31. The van der Waals surface area contributed by atoms with Crippen LogP contribution in [0, 0.1) is 0 Å². The summed E-state index contributed by atoms with van der Waals surface area (Å²) in [6.07, 6.45) is 0.398. The SMILES string of the molecule is CC1(C)O[13CH2][C@@H](C=O)O1. The molecule has 0 aromatic carbocycles. The lowest BCUT2D eigenvalue weighted by Crippen LogP contribution is -2.21. The van der Waals surface area contributed by atoms with Crippen LogP contribution in [-0.2, 0) is 14.3 Å². The van der Waals surface area contributed by atoms with Crippen molar-refractivity contribution in [2.75, 3.05) is 6.61 Å². The van der Waals surface area contributed by atoms with Crippen molar-refractivity contribution in [1.82, 2.24) is 0 Å². The van der Waals surface area contributed by atoms with Crippen molar-refractivity contribution in [2.24, 2.45) is 0 Å². The van der Waals surface area contributed by atoms with Gasteiger partial charge in [-0.15, -0.1) is 0 Å². The van der Waals surface area contributed by atoms with Crippen LogP contribution in [-0.4, -0.2) is 24.8 Å². The number of rotatable bonds is 1. The number of hydrogen-bond donors (Lipinski definition) is 0. The van der Waals surface area contributed by atoms with Crippen LogP contribution in [0.1, 0.15) is 13.8 Å². The van der Waals surface area contributed by atoms with E-state index in [1.807, 2.05) is 0 Å². The zero-order valence-electron chi connectivity index (χ0n) is 5.59. The molecule has 52 valence electrons. The van der Waals surface area contributed by atoms with Crippen molar-refractivity contribution < 1.29 is 14.3 Å². The molecule has 1 heterocycles. The molecule has 1 aliphatic rings. The molecule has 1 saturated heterocycles. The first-order valence-electron chi connectivity index (χ1n) is 2.91. The second kappa shape index (κ2) is 2.08. The molecule has 1 atom stereocenters.